The normalized spacial score (nSPS) is 42.0. The van der Waals surface area contributed by atoms with Gasteiger partial charge in [-0.2, -0.15) is 0 Å². The van der Waals surface area contributed by atoms with E-state index in [9.17, 15) is 10.2 Å². The van der Waals surface area contributed by atoms with E-state index in [1.165, 1.54) is 0 Å². The lowest BCUT2D eigenvalue weighted by Gasteiger charge is -2.12. The van der Waals surface area contributed by atoms with E-state index in [0.29, 0.717) is 12.8 Å². The van der Waals surface area contributed by atoms with Crippen molar-refractivity contribution in [2.45, 2.75) is 44.2 Å². The number of hydrogen-bond donors (Lipinski definition) is 3. The van der Waals surface area contributed by atoms with E-state index in [-0.39, 0.29) is 12.7 Å². The lowest BCUT2D eigenvalue weighted by atomic mass is 10.1. The fourth-order valence-electron chi connectivity index (χ4n) is 1.53. The molecule has 0 aromatic carbocycles. The summed E-state index contributed by atoms with van der Waals surface area (Å²) in [6.07, 6.45) is -1.27. The van der Waals surface area contributed by atoms with Crippen LogP contribution in [-0.2, 0) is 4.74 Å². The van der Waals surface area contributed by atoms with Gasteiger partial charge in [0.2, 0.25) is 0 Å². The minimum Gasteiger partial charge on any atom is -0.396 e. The third-order valence-electron chi connectivity index (χ3n) is 2.28. The molecule has 0 amide bonds. The molecule has 0 unspecified atom stereocenters. The van der Waals surface area contributed by atoms with Crippen molar-refractivity contribution in [1.82, 2.24) is 0 Å². The van der Waals surface area contributed by atoms with Crippen LogP contribution in [0.3, 0.4) is 0 Å². The maximum atomic E-state index is 9.40. The van der Waals surface area contributed by atoms with E-state index >= 15 is 0 Å². The Morgan fingerprint density at radius 2 is 1.75 bits per heavy atom. The zero-order valence-electron chi connectivity index (χ0n) is 7.18. The van der Waals surface area contributed by atoms with E-state index in [0.717, 1.165) is 0 Å². The Kier molecular flexibility index (Phi) is 3.46. The molecule has 1 heterocycles. The van der Waals surface area contributed by atoms with Gasteiger partial charge >= 0.3 is 0 Å². The maximum absolute atomic E-state index is 9.40. The van der Waals surface area contributed by atoms with Gasteiger partial charge in [0.15, 0.2) is 0 Å². The Labute approximate surface area is 71.8 Å². The molecule has 0 aliphatic carbocycles. The smallest absolute Gasteiger partial charge is 0.109 e. The fourth-order valence-corrected chi connectivity index (χ4v) is 1.53. The van der Waals surface area contributed by atoms with Crippen LogP contribution in [0.15, 0.2) is 0 Å². The van der Waals surface area contributed by atoms with Gasteiger partial charge in [0.1, 0.15) is 12.2 Å². The molecule has 1 rings (SSSR count). The second-order valence-electron chi connectivity index (χ2n) is 3.11. The van der Waals surface area contributed by atoms with Gasteiger partial charge in [0, 0.05) is 6.61 Å². The largest absolute Gasteiger partial charge is 0.396 e. The summed E-state index contributed by atoms with van der Waals surface area (Å²) in [7, 11) is 0. The van der Waals surface area contributed by atoms with Crippen LogP contribution in [0.2, 0.25) is 0 Å². The van der Waals surface area contributed by atoms with Gasteiger partial charge in [0.05, 0.1) is 12.2 Å². The van der Waals surface area contributed by atoms with Crippen LogP contribution >= 0.6 is 0 Å². The molecule has 12 heavy (non-hydrogen) atoms. The minimum absolute atomic E-state index is 0.0229. The molecule has 1 aliphatic heterocycles. The topological polar surface area (TPSA) is 69.9 Å². The third-order valence-corrected chi connectivity index (χ3v) is 2.28. The van der Waals surface area contributed by atoms with Crippen molar-refractivity contribution < 1.29 is 20.1 Å². The molecule has 0 spiro atoms. The predicted molar refractivity (Wildman–Crippen MR) is 42.7 cm³/mol. The number of rotatable bonds is 3. The minimum atomic E-state index is -0.845. The summed E-state index contributed by atoms with van der Waals surface area (Å²) in [6.45, 7) is 1.87. The van der Waals surface area contributed by atoms with E-state index in [4.69, 9.17) is 9.84 Å². The van der Waals surface area contributed by atoms with Gasteiger partial charge in [-0.25, -0.2) is 0 Å². The Morgan fingerprint density at radius 1 is 1.17 bits per heavy atom. The maximum Gasteiger partial charge on any atom is 0.109 e. The van der Waals surface area contributed by atoms with Crippen LogP contribution in [0.1, 0.15) is 19.8 Å². The molecule has 0 aromatic heterocycles. The van der Waals surface area contributed by atoms with Crippen LogP contribution in [-0.4, -0.2) is 46.3 Å². The highest BCUT2D eigenvalue weighted by atomic mass is 16.5. The summed E-state index contributed by atoms with van der Waals surface area (Å²) < 4.78 is 5.32. The van der Waals surface area contributed by atoms with Crippen molar-refractivity contribution in [3.63, 3.8) is 0 Å². The van der Waals surface area contributed by atoms with Crippen LogP contribution in [0, 0.1) is 0 Å². The molecule has 3 N–H and O–H groups in total. The molecule has 4 atom stereocenters. The first-order chi connectivity index (χ1) is 5.70. The van der Waals surface area contributed by atoms with Gasteiger partial charge in [0.25, 0.3) is 0 Å². The average Bonchev–Trinajstić information content (AvgIpc) is 2.33. The summed E-state index contributed by atoms with van der Waals surface area (Å²) >= 11 is 0. The molecule has 0 bridgehead atoms. The summed E-state index contributed by atoms with van der Waals surface area (Å²) in [4.78, 5) is 0. The Balaban J connectivity index is 2.48. The highest BCUT2D eigenvalue weighted by Crippen LogP contribution is 2.24. The van der Waals surface area contributed by atoms with Crippen LogP contribution < -0.4 is 0 Å². The number of aliphatic hydroxyl groups is 3. The molecule has 72 valence electrons. The highest BCUT2D eigenvalue weighted by Gasteiger charge is 2.40. The Bertz CT molecular complexity index is 139. The zero-order chi connectivity index (χ0) is 9.14. The van der Waals surface area contributed by atoms with Gasteiger partial charge < -0.3 is 20.1 Å². The van der Waals surface area contributed by atoms with E-state index in [1.807, 2.05) is 6.92 Å². The second-order valence-corrected chi connectivity index (χ2v) is 3.11. The van der Waals surface area contributed by atoms with Crippen molar-refractivity contribution in [2.75, 3.05) is 6.61 Å². The number of hydrogen-bond acceptors (Lipinski definition) is 4. The molecular formula is C8H16O4. The van der Waals surface area contributed by atoms with Gasteiger partial charge in [-0.1, -0.05) is 6.92 Å². The summed E-state index contributed by atoms with van der Waals surface area (Å²) in [6, 6.07) is 0. The summed E-state index contributed by atoms with van der Waals surface area (Å²) in [5, 5.41) is 27.4. The standard InChI is InChI=1S/C8H16O4/c1-2-5-7(10)8(11)6(12-5)3-4-9/h5-11H,2-4H2,1H3/t5-,6+,7-,8+/m1/s1. The first kappa shape index (κ1) is 9.92. The molecular weight excluding hydrogens is 160 g/mol. The molecule has 4 heteroatoms. The second kappa shape index (κ2) is 4.18. The number of ether oxygens (including phenoxy) is 1. The summed E-state index contributed by atoms with van der Waals surface area (Å²) in [5.74, 6) is 0. The average molecular weight is 176 g/mol. The van der Waals surface area contributed by atoms with Crippen molar-refractivity contribution in [3.8, 4) is 0 Å². The van der Waals surface area contributed by atoms with Crippen molar-refractivity contribution in [3.05, 3.63) is 0 Å². The number of aliphatic hydroxyl groups excluding tert-OH is 3. The van der Waals surface area contributed by atoms with Crippen LogP contribution in [0.25, 0.3) is 0 Å². The first-order valence-electron chi connectivity index (χ1n) is 4.33. The fraction of sp³-hybridized carbons (Fsp3) is 1.00. The quantitative estimate of drug-likeness (QED) is 0.530. The Hall–Kier alpha value is -0.160. The van der Waals surface area contributed by atoms with Gasteiger partial charge in [-0.15, -0.1) is 0 Å². The Morgan fingerprint density at radius 3 is 2.17 bits per heavy atom. The first-order valence-corrected chi connectivity index (χ1v) is 4.33. The van der Waals surface area contributed by atoms with E-state index < -0.39 is 18.3 Å². The van der Waals surface area contributed by atoms with Gasteiger partial charge in [-0.05, 0) is 12.8 Å². The molecule has 1 saturated heterocycles. The molecule has 0 saturated carbocycles. The van der Waals surface area contributed by atoms with Crippen LogP contribution in [0.4, 0.5) is 0 Å². The monoisotopic (exact) mass is 176 g/mol. The molecule has 4 nitrogen and oxygen atoms in total. The van der Waals surface area contributed by atoms with E-state index in [2.05, 4.69) is 0 Å². The van der Waals surface area contributed by atoms with Crippen molar-refractivity contribution >= 4 is 0 Å². The molecule has 0 aromatic rings. The SMILES string of the molecule is CC[C@H]1O[C@@H](CCO)[C@H](O)[C@@H]1O. The molecule has 0 radical (unpaired) electrons. The lowest BCUT2D eigenvalue weighted by Crippen LogP contribution is -2.32. The van der Waals surface area contributed by atoms with Gasteiger partial charge in [-0.3, -0.25) is 0 Å². The van der Waals surface area contributed by atoms with E-state index in [1.54, 1.807) is 0 Å². The molecule has 1 fully saturated rings. The third kappa shape index (κ3) is 1.77. The lowest BCUT2D eigenvalue weighted by molar-refractivity contribution is -0.00488. The van der Waals surface area contributed by atoms with Crippen molar-refractivity contribution in [1.29, 1.82) is 0 Å². The molecule has 1 aliphatic rings. The van der Waals surface area contributed by atoms with Crippen LogP contribution in [0.5, 0.6) is 0 Å². The predicted octanol–water partition coefficient (Wildman–Crippen LogP) is -0.732. The summed E-state index contributed by atoms with van der Waals surface area (Å²) in [5.41, 5.74) is 0. The highest BCUT2D eigenvalue weighted by molar-refractivity contribution is 4.89. The van der Waals surface area contributed by atoms with Crippen molar-refractivity contribution in [2.24, 2.45) is 0 Å². The zero-order valence-corrected chi connectivity index (χ0v) is 7.18.